The summed E-state index contributed by atoms with van der Waals surface area (Å²) in [7, 11) is 0. The van der Waals surface area contributed by atoms with Crippen molar-refractivity contribution >= 4 is 29.3 Å². The molecule has 2 aromatic rings. The summed E-state index contributed by atoms with van der Waals surface area (Å²) < 4.78 is 0. The number of nitrogens with zero attached hydrogens (tertiary/aromatic N) is 2. The Labute approximate surface area is 162 Å². The molecule has 8 heteroatoms. The number of aryl methyl sites for hydroxylation is 2. The van der Waals surface area contributed by atoms with E-state index in [0.717, 1.165) is 37.1 Å². The molecule has 0 aliphatic carbocycles. The Hall–Kier alpha value is -3.16. The Balaban J connectivity index is 1.66. The fraction of sp³-hybridized carbons (Fsp3) is 0.400. The lowest BCUT2D eigenvalue weighted by molar-refractivity contribution is -0.123. The Morgan fingerprint density at radius 2 is 1.96 bits per heavy atom. The van der Waals surface area contributed by atoms with Crippen molar-refractivity contribution < 1.29 is 9.59 Å². The van der Waals surface area contributed by atoms with Gasteiger partial charge in [0.25, 0.3) is 5.56 Å². The number of carbonyl (C=O) groups is 2. The van der Waals surface area contributed by atoms with Crippen molar-refractivity contribution in [3.63, 3.8) is 0 Å². The van der Waals surface area contributed by atoms with Crippen LogP contribution in [0.1, 0.15) is 41.9 Å². The number of carbonyl (C=O) groups excluding carboxylic acids is 2. The van der Waals surface area contributed by atoms with Crippen LogP contribution in [0.25, 0.3) is 0 Å². The van der Waals surface area contributed by atoms with Crippen LogP contribution in [0.5, 0.6) is 0 Å². The summed E-state index contributed by atoms with van der Waals surface area (Å²) in [5.74, 6) is -0.962. The molecule has 28 heavy (non-hydrogen) atoms. The van der Waals surface area contributed by atoms with Crippen molar-refractivity contribution in [1.82, 2.24) is 9.97 Å². The Kier molecular flexibility index (Phi) is 4.62. The molecule has 2 aliphatic heterocycles. The first kappa shape index (κ1) is 18.2. The summed E-state index contributed by atoms with van der Waals surface area (Å²) in [5, 5.41) is 5.51. The first-order chi connectivity index (χ1) is 13.4. The fourth-order valence-electron chi connectivity index (χ4n) is 3.84. The second-order valence-electron chi connectivity index (χ2n) is 7.46. The first-order valence-electron chi connectivity index (χ1n) is 9.49. The lowest BCUT2D eigenvalue weighted by atomic mass is 9.92. The molecule has 0 unspecified atom stereocenters. The maximum atomic E-state index is 12.9. The monoisotopic (exact) mass is 381 g/mol. The number of benzene rings is 1. The maximum Gasteiger partial charge on any atom is 0.258 e. The molecule has 2 aliphatic rings. The third-order valence-electron chi connectivity index (χ3n) is 5.30. The van der Waals surface area contributed by atoms with E-state index >= 15 is 0 Å². The topological polar surface area (TPSA) is 107 Å². The van der Waals surface area contributed by atoms with Crippen molar-refractivity contribution in [3.8, 4) is 0 Å². The lowest BCUT2D eigenvalue weighted by Crippen LogP contribution is -2.37. The van der Waals surface area contributed by atoms with Crippen LogP contribution >= 0.6 is 0 Å². The third-order valence-corrected chi connectivity index (χ3v) is 5.30. The highest BCUT2D eigenvalue weighted by atomic mass is 16.2. The molecule has 1 saturated heterocycles. The summed E-state index contributed by atoms with van der Waals surface area (Å²) in [6.45, 7) is 5.50. The van der Waals surface area contributed by atoms with Gasteiger partial charge in [0.15, 0.2) is 0 Å². The first-order valence-corrected chi connectivity index (χ1v) is 9.49. The number of aromatic nitrogens is 2. The van der Waals surface area contributed by atoms with Crippen molar-refractivity contribution in [2.75, 3.05) is 28.6 Å². The van der Waals surface area contributed by atoms with Crippen LogP contribution in [0.2, 0.25) is 0 Å². The molecule has 0 radical (unpaired) electrons. The number of nitrogens with one attached hydrogen (secondary N) is 3. The van der Waals surface area contributed by atoms with Crippen LogP contribution in [-0.2, 0) is 9.59 Å². The zero-order valence-corrected chi connectivity index (χ0v) is 16.0. The van der Waals surface area contributed by atoms with Crippen LogP contribution in [0, 0.1) is 13.8 Å². The van der Waals surface area contributed by atoms with E-state index < -0.39 is 5.92 Å². The van der Waals surface area contributed by atoms with E-state index in [1.165, 1.54) is 0 Å². The van der Waals surface area contributed by atoms with Gasteiger partial charge in [0, 0.05) is 25.2 Å². The van der Waals surface area contributed by atoms with Gasteiger partial charge in [0.2, 0.25) is 17.8 Å². The van der Waals surface area contributed by atoms with Gasteiger partial charge in [-0.3, -0.25) is 19.4 Å². The van der Waals surface area contributed by atoms with Gasteiger partial charge in [-0.05, 0) is 38.3 Å². The molecule has 1 aromatic heterocycles. The molecule has 8 nitrogen and oxygen atoms in total. The molecule has 3 N–H and O–H groups in total. The number of amides is 2. The zero-order valence-electron chi connectivity index (χ0n) is 16.0. The SMILES string of the molecule is Cc1ccc(NC(=O)[C@@H]2CC(=O)Nc3nc(N4CCCC4)[nH]c(=O)c32)c(C)c1. The van der Waals surface area contributed by atoms with Crippen LogP contribution < -0.4 is 21.1 Å². The summed E-state index contributed by atoms with van der Waals surface area (Å²) in [6, 6.07) is 5.69. The van der Waals surface area contributed by atoms with E-state index in [1.54, 1.807) is 0 Å². The fourth-order valence-corrected chi connectivity index (χ4v) is 3.84. The predicted molar refractivity (Wildman–Crippen MR) is 107 cm³/mol. The molecule has 0 bridgehead atoms. The summed E-state index contributed by atoms with van der Waals surface area (Å²) in [6.07, 6.45) is 1.99. The number of rotatable bonds is 3. The molecular formula is C20H23N5O3. The number of hydrogen-bond acceptors (Lipinski definition) is 5. The van der Waals surface area contributed by atoms with Crippen LogP contribution in [0.3, 0.4) is 0 Å². The molecule has 1 fully saturated rings. The van der Waals surface area contributed by atoms with Crippen LogP contribution in [0.15, 0.2) is 23.0 Å². The van der Waals surface area contributed by atoms with Gasteiger partial charge in [-0.25, -0.2) is 0 Å². The Morgan fingerprint density at radius 3 is 2.68 bits per heavy atom. The number of aromatic amines is 1. The average Bonchev–Trinajstić information content (AvgIpc) is 3.17. The van der Waals surface area contributed by atoms with E-state index in [4.69, 9.17) is 0 Å². The molecule has 1 atom stereocenters. The number of hydrogen-bond donors (Lipinski definition) is 3. The highest BCUT2D eigenvalue weighted by molar-refractivity contribution is 6.04. The third kappa shape index (κ3) is 3.37. The number of H-pyrrole nitrogens is 1. The van der Waals surface area contributed by atoms with Gasteiger partial charge < -0.3 is 15.5 Å². The van der Waals surface area contributed by atoms with Crippen LogP contribution in [0.4, 0.5) is 17.5 Å². The van der Waals surface area contributed by atoms with Gasteiger partial charge in [-0.1, -0.05) is 17.7 Å². The van der Waals surface area contributed by atoms with E-state index in [2.05, 4.69) is 20.6 Å². The van der Waals surface area contributed by atoms with Crippen molar-refractivity contribution in [2.45, 2.75) is 39.0 Å². The quantitative estimate of drug-likeness (QED) is 0.754. The molecule has 1 aromatic carbocycles. The lowest BCUT2D eigenvalue weighted by Gasteiger charge is -2.25. The summed E-state index contributed by atoms with van der Waals surface area (Å²) >= 11 is 0. The normalized spacial score (nSPS) is 18.6. The minimum atomic E-state index is -0.881. The summed E-state index contributed by atoms with van der Waals surface area (Å²) in [5.41, 5.74) is 2.51. The van der Waals surface area contributed by atoms with E-state index in [-0.39, 0.29) is 35.2 Å². The van der Waals surface area contributed by atoms with Gasteiger partial charge in [-0.2, -0.15) is 4.98 Å². The van der Waals surface area contributed by atoms with Gasteiger partial charge in [0.1, 0.15) is 5.82 Å². The number of anilines is 3. The van der Waals surface area contributed by atoms with Gasteiger partial charge in [0.05, 0.1) is 11.5 Å². The smallest absolute Gasteiger partial charge is 0.258 e. The van der Waals surface area contributed by atoms with Crippen molar-refractivity contribution in [2.24, 2.45) is 0 Å². The van der Waals surface area contributed by atoms with Crippen molar-refractivity contribution in [1.29, 1.82) is 0 Å². The van der Waals surface area contributed by atoms with E-state index in [9.17, 15) is 14.4 Å². The van der Waals surface area contributed by atoms with Crippen LogP contribution in [-0.4, -0.2) is 34.9 Å². The largest absolute Gasteiger partial charge is 0.342 e. The highest BCUT2D eigenvalue weighted by Crippen LogP contribution is 2.31. The molecular weight excluding hydrogens is 358 g/mol. The van der Waals surface area contributed by atoms with E-state index in [1.807, 2.05) is 36.9 Å². The highest BCUT2D eigenvalue weighted by Gasteiger charge is 2.35. The van der Waals surface area contributed by atoms with Gasteiger partial charge in [-0.15, -0.1) is 0 Å². The molecule has 0 saturated carbocycles. The predicted octanol–water partition coefficient (Wildman–Crippen LogP) is 2.05. The minimum Gasteiger partial charge on any atom is -0.342 e. The second-order valence-corrected chi connectivity index (χ2v) is 7.46. The molecule has 3 heterocycles. The molecule has 4 rings (SSSR count). The zero-order chi connectivity index (χ0) is 19.8. The standard InChI is InChI=1S/C20H23N5O3/c1-11-5-6-14(12(2)9-11)21-18(27)13-10-15(26)22-17-16(13)19(28)24-20(23-17)25-7-3-4-8-25/h5-6,9,13H,3-4,7-8,10H2,1-2H3,(H,21,27)(H2,22,23,24,26,28)/t13-/m1/s1. The maximum absolute atomic E-state index is 12.9. The molecule has 146 valence electrons. The molecule has 0 spiro atoms. The summed E-state index contributed by atoms with van der Waals surface area (Å²) in [4.78, 5) is 47.1. The van der Waals surface area contributed by atoms with E-state index in [0.29, 0.717) is 11.6 Å². The van der Waals surface area contributed by atoms with Crippen molar-refractivity contribution in [3.05, 3.63) is 45.2 Å². The van der Waals surface area contributed by atoms with Gasteiger partial charge >= 0.3 is 0 Å². The Morgan fingerprint density at radius 1 is 1.21 bits per heavy atom. The number of fused-ring (bicyclic) bond motifs is 1. The minimum absolute atomic E-state index is 0.0858. The average molecular weight is 381 g/mol. The molecule has 2 amide bonds. The second kappa shape index (κ2) is 7.10. The Bertz CT molecular complexity index is 1010.